The minimum atomic E-state index is -0.177. The second kappa shape index (κ2) is 10.1. The van der Waals surface area contributed by atoms with Gasteiger partial charge in [-0.25, -0.2) is 0 Å². The maximum Gasteiger partial charge on any atom is 0.271 e. The van der Waals surface area contributed by atoms with Crippen LogP contribution in [0.2, 0.25) is 5.02 Å². The highest BCUT2D eigenvalue weighted by Gasteiger charge is 2.23. The van der Waals surface area contributed by atoms with Crippen LogP contribution in [0.5, 0.6) is 5.75 Å². The number of benzene rings is 2. The van der Waals surface area contributed by atoms with Gasteiger partial charge in [-0.05, 0) is 53.9 Å². The van der Waals surface area contributed by atoms with Gasteiger partial charge >= 0.3 is 0 Å². The number of halogens is 1. The van der Waals surface area contributed by atoms with E-state index in [0.717, 1.165) is 5.69 Å². The number of anilines is 1. The normalized spacial score (nSPS) is 13.9. The number of piperazine rings is 1. The lowest BCUT2D eigenvalue weighted by atomic mass is 10.0. The molecule has 1 saturated heterocycles. The zero-order valence-electron chi connectivity index (χ0n) is 18.8. The number of ether oxygens (including phenoxy) is 1. The molecule has 0 unspecified atom stereocenters. The van der Waals surface area contributed by atoms with Gasteiger partial charge in [0.05, 0.1) is 5.69 Å². The molecular weight excluding hydrogens is 440 g/mol. The number of rotatable bonds is 6. The van der Waals surface area contributed by atoms with Gasteiger partial charge in [0.25, 0.3) is 11.5 Å². The van der Waals surface area contributed by atoms with E-state index in [1.54, 1.807) is 35.2 Å². The molecule has 2 heterocycles. The molecular formula is C25H27ClN4O3. The zero-order chi connectivity index (χ0) is 23.4. The standard InChI is InChI=1S/C25H27ClN4O3/c1-18(2)19-3-7-21(8-4-19)30-24(31)12-11-23(27-30)28-13-15-29(16-14-28)25(32)17-33-22-9-5-20(26)6-10-22/h3-12,18H,13-17H2,1-2H3. The molecule has 0 bridgehead atoms. The maximum atomic E-state index is 12.5. The summed E-state index contributed by atoms with van der Waals surface area (Å²) in [6.45, 7) is 6.63. The molecule has 33 heavy (non-hydrogen) atoms. The Bertz CT molecular complexity index is 1150. The van der Waals surface area contributed by atoms with Crippen molar-refractivity contribution in [3.63, 3.8) is 0 Å². The Morgan fingerprint density at radius 2 is 1.64 bits per heavy atom. The Morgan fingerprint density at radius 1 is 0.970 bits per heavy atom. The van der Waals surface area contributed by atoms with Gasteiger partial charge < -0.3 is 14.5 Å². The molecule has 1 amide bonds. The van der Waals surface area contributed by atoms with Crippen LogP contribution in [0.15, 0.2) is 65.5 Å². The summed E-state index contributed by atoms with van der Waals surface area (Å²) >= 11 is 5.87. The summed E-state index contributed by atoms with van der Waals surface area (Å²) < 4.78 is 7.00. The second-order valence-corrected chi connectivity index (χ2v) is 8.73. The first-order valence-electron chi connectivity index (χ1n) is 11.0. The molecule has 0 atom stereocenters. The van der Waals surface area contributed by atoms with E-state index in [1.165, 1.54) is 16.3 Å². The third-order valence-electron chi connectivity index (χ3n) is 5.72. The number of carbonyl (C=O) groups is 1. The van der Waals surface area contributed by atoms with Crippen molar-refractivity contribution in [1.82, 2.24) is 14.7 Å². The summed E-state index contributed by atoms with van der Waals surface area (Å²) in [6.07, 6.45) is 0. The Hall–Kier alpha value is -3.32. The van der Waals surface area contributed by atoms with Gasteiger partial charge in [-0.2, -0.15) is 4.68 Å². The first kappa shape index (κ1) is 22.9. The summed E-state index contributed by atoms with van der Waals surface area (Å²) in [5, 5.41) is 5.21. The fraction of sp³-hybridized carbons (Fsp3) is 0.320. The van der Waals surface area contributed by atoms with Crippen LogP contribution in [0.4, 0.5) is 5.82 Å². The highest BCUT2D eigenvalue weighted by Crippen LogP contribution is 2.18. The van der Waals surface area contributed by atoms with Gasteiger partial charge in [-0.15, -0.1) is 5.10 Å². The highest BCUT2D eigenvalue weighted by atomic mass is 35.5. The van der Waals surface area contributed by atoms with Crippen molar-refractivity contribution < 1.29 is 9.53 Å². The van der Waals surface area contributed by atoms with Crippen LogP contribution < -0.4 is 15.2 Å². The molecule has 0 spiro atoms. The molecule has 3 aromatic rings. The molecule has 0 radical (unpaired) electrons. The van der Waals surface area contributed by atoms with Crippen LogP contribution in [0.1, 0.15) is 25.3 Å². The fourth-order valence-corrected chi connectivity index (χ4v) is 3.83. The summed E-state index contributed by atoms with van der Waals surface area (Å²) in [6, 6.07) is 18.1. The molecule has 0 saturated carbocycles. The molecule has 8 heteroatoms. The van der Waals surface area contributed by atoms with E-state index in [4.69, 9.17) is 16.3 Å². The number of aromatic nitrogens is 2. The summed E-state index contributed by atoms with van der Waals surface area (Å²) in [5.74, 6) is 1.68. The van der Waals surface area contributed by atoms with Crippen LogP contribution in [-0.4, -0.2) is 53.4 Å². The molecule has 1 fully saturated rings. The largest absolute Gasteiger partial charge is 0.484 e. The van der Waals surface area contributed by atoms with Gasteiger partial charge in [0.1, 0.15) is 11.6 Å². The van der Waals surface area contributed by atoms with E-state index in [2.05, 4.69) is 23.8 Å². The molecule has 0 aliphatic carbocycles. The quantitative estimate of drug-likeness (QED) is 0.553. The lowest BCUT2D eigenvalue weighted by Gasteiger charge is -2.35. The number of hydrogen-bond acceptors (Lipinski definition) is 5. The highest BCUT2D eigenvalue weighted by molar-refractivity contribution is 6.30. The first-order chi connectivity index (χ1) is 15.9. The lowest BCUT2D eigenvalue weighted by Crippen LogP contribution is -2.50. The van der Waals surface area contributed by atoms with Crippen LogP contribution in [0.3, 0.4) is 0 Å². The average molecular weight is 467 g/mol. The summed E-state index contributed by atoms with van der Waals surface area (Å²) in [5.41, 5.74) is 1.77. The van der Waals surface area contributed by atoms with E-state index >= 15 is 0 Å². The summed E-state index contributed by atoms with van der Waals surface area (Å²) in [4.78, 5) is 28.8. The minimum absolute atomic E-state index is 0.0167. The van der Waals surface area contributed by atoms with Crippen LogP contribution in [0, 0.1) is 0 Å². The van der Waals surface area contributed by atoms with Crippen molar-refractivity contribution in [2.75, 3.05) is 37.7 Å². The smallest absolute Gasteiger partial charge is 0.271 e. The van der Waals surface area contributed by atoms with Gasteiger partial charge in [0.2, 0.25) is 0 Å². The number of carbonyl (C=O) groups excluding carboxylic acids is 1. The topological polar surface area (TPSA) is 67.7 Å². The predicted molar refractivity (Wildman–Crippen MR) is 130 cm³/mol. The van der Waals surface area contributed by atoms with Gasteiger partial charge in [-0.1, -0.05) is 37.6 Å². The Labute approximate surface area is 198 Å². The second-order valence-electron chi connectivity index (χ2n) is 8.30. The van der Waals surface area contributed by atoms with E-state index < -0.39 is 0 Å². The SMILES string of the molecule is CC(C)c1ccc(-n2nc(N3CCN(C(=O)COc4ccc(Cl)cc4)CC3)ccc2=O)cc1. The minimum Gasteiger partial charge on any atom is -0.484 e. The Balaban J connectivity index is 1.37. The molecule has 0 N–H and O–H groups in total. The van der Waals surface area contributed by atoms with Crippen LogP contribution in [0.25, 0.3) is 5.69 Å². The van der Waals surface area contributed by atoms with Gasteiger partial charge in [-0.3, -0.25) is 9.59 Å². The molecule has 1 aliphatic heterocycles. The lowest BCUT2D eigenvalue weighted by molar-refractivity contribution is -0.133. The van der Waals surface area contributed by atoms with E-state index in [0.29, 0.717) is 48.7 Å². The van der Waals surface area contributed by atoms with E-state index in [1.807, 2.05) is 24.3 Å². The molecule has 2 aromatic carbocycles. The monoisotopic (exact) mass is 466 g/mol. The fourth-order valence-electron chi connectivity index (χ4n) is 3.71. The summed E-state index contributed by atoms with van der Waals surface area (Å²) in [7, 11) is 0. The van der Waals surface area contributed by atoms with Gasteiger partial charge in [0, 0.05) is 37.3 Å². The van der Waals surface area contributed by atoms with Crippen LogP contribution in [-0.2, 0) is 4.79 Å². The third-order valence-corrected chi connectivity index (χ3v) is 5.97. The van der Waals surface area contributed by atoms with Crippen molar-refractivity contribution in [2.45, 2.75) is 19.8 Å². The molecule has 1 aliphatic rings. The van der Waals surface area contributed by atoms with Crippen molar-refractivity contribution >= 4 is 23.3 Å². The maximum absolute atomic E-state index is 12.5. The number of hydrogen-bond donors (Lipinski definition) is 0. The molecule has 172 valence electrons. The average Bonchev–Trinajstić information content (AvgIpc) is 2.84. The molecule has 4 rings (SSSR count). The third kappa shape index (κ3) is 5.54. The van der Waals surface area contributed by atoms with Crippen molar-refractivity contribution in [3.05, 3.63) is 81.6 Å². The van der Waals surface area contributed by atoms with Crippen molar-refractivity contribution in [2.24, 2.45) is 0 Å². The van der Waals surface area contributed by atoms with Crippen molar-refractivity contribution in [1.29, 1.82) is 0 Å². The Morgan fingerprint density at radius 3 is 2.27 bits per heavy atom. The number of amides is 1. The number of nitrogens with zero attached hydrogens (tertiary/aromatic N) is 4. The van der Waals surface area contributed by atoms with E-state index in [9.17, 15) is 9.59 Å². The first-order valence-corrected chi connectivity index (χ1v) is 11.4. The van der Waals surface area contributed by atoms with Crippen molar-refractivity contribution in [3.8, 4) is 11.4 Å². The van der Waals surface area contributed by atoms with E-state index in [-0.39, 0.29) is 18.1 Å². The molecule has 7 nitrogen and oxygen atoms in total. The zero-order valence-corrected chi connectivity index (χ0v) is 19.5. The molecule has 1 aromatic heterocycles. The van der Waals surface area contributed by atoms with Gasteiger partial charge in [0.15, 0.2) is 6.61 Å². The predicted octanol–water partition coefficient (Wildman–Crippen LogP) is 3.74. The van der Waals surface area contributed by atoms with Crippen LogP contribution >= 0.6 is 11.6 Å². The Kier molecular flexibility index (Phi) is 6.99.